The highest BCUT2D eigenvalue weighted by Gasteiger charge is 2.17. The van der Waals surface area contributed by atoms with Crippen LogP contribution in [0.15, 0.2) is 65.0 Å². The van der Waals surface area contributed by atoms with Gasteiger partial charge in [0.15, 0.2) is 0 Å². The summed E-state index contributed by atoms with van der Waals surface area (Å²) >= 11 is 8.08. The number of nitrogens with one attached hydrogen (secondary N) is 1. The Hall–Kier alpha value is -3.86. The number of fused-ring (bicyclic) bond motifs is 1. The zero-order valence-corrected chi connectivity index (χ0v) is 23.2. The second kappa shape index (κ2) is 10.7. The quantitative estimate of drug-likeness (QED) is 0.306. The molecule has 2 aromatic carbocycles. The van der Waals surface area contributed by atoms with Crippen molar-refractivity contribution in [1.29, 1.82) is 0 Å². The first-order valence-corrected chi connectivity index (χ1v) is 14.0. The highest BCUT2D eigenvalue weighted by Crippen LogP contribution is 2.32. The van der Waals surface area contributed by atoms with Crippen LogP contribution in [0.3, 0.4) is 0 Å². The first-order chi connectivity index (χ1) is 19.0. The van der Waals surface area contributed by atoms with Crippen molar-refractivity contribution in [2.45, 2.75) is 13.5 Å². The van der Waals surface area contributed by atoms with E-state index in [0.717, 1.165) is 47.8 Å². The van der Waals surface area contributed by atoms with Gasteiger partial charge < -0.3 is 15.1 Å². The summed E-state index contributed by atoms with van der Waals surface area (Å²) in [6, 6.07) is 15.7. The summed E-state index contributed by atoms with van der Waals surface area (Å²) in [5.74, 6) is 0.434. The van der Waals surface area contributed by atoms with Crippen LogP contribution in [0.4, 0.5) is 17.3 Å². The Labute approximate surface area is 234 Å². The number of aryl methyl sites for hydroxylation is 1. The zero-order chi connectivity index (χ0) is 26.9. The number of likely N-dealkylation sites (N-methyl/N-ethyl adjacent to an activating group) is 1. The molecule has 5 aromatic rings. The van der Waals surface area contributed by atoms with E-state index in [1.807, 2.05) is 43.3 Å². The molecule has 39 heavy (non-hydrogen) atoms. The van der Waals surface area contributed by atoms with Crippen molar-refractivity contribution in [2.24, 2.45) is 0 Å². The van der Waals surface area contributed by atoms with Crippen LogP contribution in [0.25, 0.3) is 32.7 Å². The number of hydrogen-bond acceptors (Lipinski definition) is 9. The molecule has 11 heteroatoms. The van der Waals surface area contributed by atoms with E-state index in [9.17, 15) is 4.79 Å². The smallest absolute Gasteiger partial charge is 0.260 e. The van der Waals surface area contributed by atoms with Crippen molar-refractivity contribution < 1.29 is 0 Å². The van der Waals surface area contributed by atoms with Gasteiger partial charge in [-0.3, -0.25) is 9.36 Å². The molecule has 0 spiro atoms. The van der Waals surface area contributed by atoms with Crippen LogP contribution in [0, 0.1) is 0 Å². The molecule has 0 radical (unpaired) electrons. The number of hydrogen-bond donors (Lipinski definition) is 1. The summed E-state index contributed by atoms with van der Waals surface area (Å²) in [7, 11) is 2.15. The second-order valence-corrected chi connectivity index (χ2v) is 10.7. The Balaban J connectivity index is 1.29. The minimum Gasteiger partial charge on any atom is -0.369 e. The lowest BCUT2D eigenvalue weighted by atomic mass is 10.0. The monoisotopic (exact) mass is 558 g/mol. The van der Waals surface area contributed by atoms with E-state index in [-0.39, 0.29) is 5.56 Å². The summed E-state index contributed by atoms with van der Waals surface area (Å²) < 4.78 is 1.66. The van der Waals surface area contributed by atoms with Crippen molar-refractivity contribution in [2.75, 3.05) is 43.4 Å². The van der Waals surface area contributed by atoms with Crippen LogP contribution in [0.1, 0.15) is 6.92 Å². The molecule has 3 aromatic heterocycles. The van der Waals surface area contributed by atoms with Gasteiger partial charge in [0, 0.05) is 77.4 Å². The Morgan fingerprint density at radius 1 is 1.03 bits per heavy atom. The Morgan fingerprint density at radius 2 is 1.82 bits per heavy atom. The highest BCUT2D eigenvalue weighted by atomic mass is 35.5. The first-order valence-electron chi connectivity index (χ1n) is 12.8. The predicted octanol–water partition coefficient (Wildman–Crippen LogP) is 5.15. The van der Waals surface area contributed by atoms with Crippen LogP contribution in [-0.2, 0) is 6.54 Å². The third-order valence-corrected chi connectivity index (χ3v) is 8.05. The molecule has 1 saturated heterocycles. The van der Waals surface area contributed by atoms with Gasteiger partial charge in [-0.25, -0.2) is 4.98 Å². The van der Waals surface area contributed by atoms with E-state index >= 15 is 0 Å². The van der Waals surface area contributed by atoms with Crippen molar-refractivity contribution in [1.82, 2.24) is 29.6 Å². The molecule has 0 aliphatic carbocycles. The minimum atomic E-state index is -0.156. The molecule has 0 amide bonds. The second-order valence-electron chi connectivity index (χ2n) is 9.48. The molecule has 4 heterocycles. The molecule has 1 fully saturated rings. The molecule has 198 valence electrons. The maximum atomic E-state index is 13.6. The molecule has 0 unspecified atom stereocenters. The zero-order valence-electron chi connectivity index (χ0n) is 21.6. The standard InChI is InChI=1S/C28H27ClN8OS/c1-3-37-25-19(14-23(27(37)38)22-9-4-18(15-24(22)29)26-34-31-17-39-26)16-30-28(33-25)32-20-5-7-21(8-6-20)36-12-10-35(2)11-13-36/h4-9,14-17H,3,10-13H2,1-2H3,(H,30,32,33). The molecule has 1 aliphatic heterocycles. The summed E-state index contributed by atoms with van der Waals surface area (Å²) in [6.45, 7) is 6.55. The minimum absolute atomic E-state index is 0.156. The summed E-state index contributed by atoms with van der Waals surface area (Å²) in [5, 5.41) is 13.3. The van der Waals surface area contributed by atoms with Crippen molar-refractivity contribution in [3.05, 3.63) is 75.6 Å². The molecule has 6 rings (SSSR count). The molecule has 9 nitrogen and oxygen atoms in total. The topological polar surface area (TPSA) is 92.1 Å². The van der Waals surface area contributed by atoms with Gasteiger partial charge >= 0.3 is 0 Å². The largest absolute Gasteiger partial charge is 0.369 e. The number of rotatable bonds is 6. The van der Waals surface area contributed by atoms with Gasteiger partial charge in [0.05, 0.1) is 0 Å². The molecule has 0 atom stereocenters. The summed E-state index contributed by atoms with van der Waals surface area (Å²) in [4.78, 5) is 27.5. The number of halogens is 1. The lowest BCUT2D eigenvalue weighted by Gasteiger charge is -2.34. The van der Waals surface area contributed by atoms with Crippen LogP contribution in [0.5, 0.6) is 0 Å². The van der Waals surface area contributed by atoms with E-state index in [1.54, 1.807) is 16.3 Å². The number of piperazine rings is 1. The average Bonchev–Trinajstić information content (AvgIpc) is 3.49. The normalized spacial score (nSPS) is 14.2. The molecular weight excluding hydrogens is 532 g/mol. The molecule has 0 saturated carbocycles. The van der Waals surface area contributed by atoms with Gasteiger partial charge in [-0.1, -0.05) is 35.1 Å². The fourth-order valence-electron chi connectivity index (χ4n) is 4.82. The van der Waals surface area contributed by atoms with E-state index in [4.69, 9.17) is 16.6 Å². The summed E-state index contributed by atoms with van der Waals surface area (Å²) in [6.07, 6.45) is 1.74. The number of nitrogens with zero attached hydrogens (tertiary/aromatic N) is 7. The van der Waals surface area contributed by atoms with E-state index in [1.165, 1.54) is 17.0 Å². The Bertz CT molecular complexity index is 1680. The van der Waals surface area contributed by atoms with E-state index < -0.39 is 0 Å². The van der Waals surface area contributed by atoms with Crippen molar-refractivity contribution >= 4 is 51.3 Å². The lowest BCUT2D eigenvalue weighted by molar-refractivity contribution is 0.313. The van der Waals surface area contributed by atoms with Gasteiger partial charge in [-0.15, -0.1) is 10.2 Å². The number of pyridine rings is 1. The van der Waals surface area contributed by atoms with Gasteiger partial charge in [-0.2, -0.15) is 4.98 Å². The predicted molar refractivity (Wildman–Crippen MR) is 158 cm³/mol. The molecule has 0 bridgehead atoms. The Morgan fingerprint density at radius 3 is 2.51 bits per heavy atom. The van der Waals surface area contributed by atoms with Gasteiger partial charge in [-0.05, 0) is 50.4 Å². The molecule has 1 aliphatic rings. The fraction of sp³-hybridized carbons (Fsp3) is 0.250. The van der Waals surface area contributed by atoms with Crippen molar-refractivity contribution in [3.8, 4) is 21.7 Å². The molecular formula is C28H27ClN8OS. The van der Waals surface area contributed by atoms with Crippen LogP contribution >= 0.6 is 22.9 Å². The van der Waals surface area contributed by atoms with E-state index in [0.29, 0.717) is 34.3 Å². The SMILES string of the molecule is CCn1c(=O)c(-c2ccc(-c3nncs3)cc2Cl)cc2cnc(Nc3ccc(N4CCN(C)CC4)cc3)nc21. The average molecular weight is 559 g/mol. The summed E-state index contributed by atoms with van der Waals surface area (Å²) in [5.41, 5.74) is 6.19. The fourth-order valence-corrected chi connectivity index (χ4v) is 5.65. The van der Waals surface area contributed by atoms with Crippen LogP contribution in [-0.4, -0.2) is 62.9 Å². The maximum absolute atomic E-state index is 13.6. The first kappa shape index (κ1) is 25.4. The lowest BCUT2D eigenvalue weighted by Crippen LogP contribution is -2.44. The van der Waals surface area contributed by atoms with Gasteiger partial charge in [0.1, 0.15) is 16.2 Å². The number of aromatic nitrogens is 5. The van der Waals surface area contributed by atoms with Crippen LogP contribution < -0.4 is 15.8 Å². The maximum Gasteiger partial charge on any atom is 0.260 e. The third-order valence-electron chi connectivity index (χ3n) is 7.00. The Kier molecular flexibility index (Phi) is 6.99. The van der Waals surface area contributed by atoms with E-state index in [2.05, 4.69) is 49.5 Å². The molecule has 1 N–H and O–H groups in total. The highest BCUT2D eigenvalue weighted by molar-refractivity contribution is 7.12. The number of anilines is 3. The third kappa shape index (κ3) is 5.10. The van der Waals surface area contributed by atoms with Gasteiger partial charge in [0.25, 0.3) is 5.56 Å². The van der Waals surface area contributed by atoms with Crippen molar-refractivity contribution in [3.63, 3.8) is 0 Å². The number of benzene rings is 2. The van der Waals surface area contributed by atoms with Crippen LogP contribution in [0.2, 0.25) is 5.02 Å². The van der Waals surface area contributed by atoms with Gasteiger partial charge in [0.2, 0.25) is 5.95 Å².